The zero-order valence-electron chi connectivity index (χ0n) is 17.5. The van der Waals surface area contributed by atoms with Crippen molar-refractivity contribution in [3.63, 3.8) is 0 Å². The molecule has 1 aliphatic carbocycles. The molecule has 1 saturated carbocycles. The van der Waals surface area contributed by atoms with Crippen LogP contribution in [0, 0.1) is 0 Å². The Kier molecular flexibility index (Phi) is 5.83. The normalized spacial score (nSPS) is 23.9. The smallest absolute Gasteiger partial charge is 0.233 e. The van der Waals surface area contributed by atoms with Gasteiger partial charge in [-0.2, -0.15) is 0 Å². The lowest BCUT2D eigenvalue weighted by Crippen LogP contribution is -2.52. The van der Waals surface area contributed by atoms with Crippen molar-refractivity contribution in [2.75, 3.05) is 43.4 Å². The van der Waals surface area contributed by atoms with Crippen molar-refractivity contribution in [2.24, 2.45) is 0 Å². The molecule has 1 amide bonds. The summed E-state index contributed by atoms with van der Waals surface area (Å²) in [4.78, 5) is 21.6. The maximum Gasteiger partial charge on any atom is 0.233 e. The Bertz CT molecular complexity index is 1040. The van der Waals surface area contributed by atoms with E-state index in [1.807, 2.05) is 29.3 Å². The molecule has 3 heterocycles. The number of rotatable bonds is 6. The Morgan fingerprint density at radius 2 is 1.77 bits per heavy atom. The molecule has 0 spiro atoms. The number of hydrogen-bond acceptors (Lipinski definition) is 6. The van der Waals surface area contributed by atoms with Gasteiger partial charge in [-0.3, -0.25) is 9.69 Å². The average Bonchev–Trinajstić information content (AvgIpc) is 3.43. The zero-order chi connectivity index (χ0) is 21.4. The third-order valence-electron chi connectivity index (χ3n) is 6.46. The van der Waals surface area contributed by atoms with E-state index < -0.39 is 9.84 Å². The largest absolute Gasteiger partial charge is 0.339 e. The molecular weight excluding hydrogens is 432 g/mol. The van der Waals surface area contributed by atoms with Crippen LogP contribution in [0.1, 0.15) is 25.3 Å². The molecular formula is C22H28N4O3S2. The number of carbonyl (C=O) groups excluding carboxylic acids is 1. The minimum absolute atomic E-state index is 0.124. The van der Waals surface area contributed by atoms with Gasteiger partial charge in [-0.25, -0.2) is 13.4 Å². The summed E-state index contributed by atoms with van der Waals surface area (Å²) in [7, 11) is -2.87. The van der Waals surface area contributed by atoms with Crippen LogP contribution in [0.5, 0.6) is 0 Å². The van der Waals surface area contributed by atoms with Crippen molar-refractivity contribution >= 4 is 27.5 Å². The Balaban J connectivity index is 1.18. The number of piperazine rings is 1. The number of thioether (sulfide) groups is 1. The van der Waals surface area contributed by atoms with Crippen LogP contribution in [0.4, 0.5) is 0 Å². The first kappa shape index (κ1) is 21.0. The van der Waals surface area contributed by atoms with Crippen molar-refractivity contribution in [3.05, 3.63) is 36.5 Å². The van der Waals surface area contributed by atoms with Crippen molar-refractivity contribution in [2.45, 2.75) is 36.5 Å². The molecule has 1 aromatic heterocycles. The fourth-order valence-electron chi connectivity index (χ4n) is 4.58. The second kappa shape index (κ2) is 8.60. The number of benzene rings is 1. The Hall–Kier alpha value is -1.84. The Labute approximate surface area is 187 Å². The molecule has 2 aliphatic heterocycles. The van der Waals surface area contributed by atoms with Crippen LogP contribution in [-0.2, 0) is 14.6 Å². The van der Waals surface area contributed by atoms with E-state index in [9.17, 15) is 13.2 Å². The van der Waals surface area contributed by atoms with E-state index in [4.69, 9.17) is 0 Å². The standard InChI is InChI=1S/C22H28N4O3S2/c27-21(25-11-9-24(10-12-25)19-8-13-31(28,29)16-19)15-30-22-23-14-20(26(22)18-6-7-18)17-4-2-1-3-5-17/h1-5,14,18-19H,6-13,15-16H2. The van der Waals surface area contributed by atoms with E-state index in [-0.39, 0.29) is 17.7 Å². The second-order valence-electron chi connectivity index (χ2n) is 8.66. The number of amides is 1. The fourth-order valence-corrected chi connectivity index (χ4v) is 7.29. The topological polar surface area (TPSA) is 75.5 Å². The van der Waals surface area contributed by atoms with Crippen LogP contribution in [0.25, 0.3) is 11.3 Å². The van der Waals surface area contributed by atoms with E-state index in [0.717, 1.165) is 48.8 Å². The molecule has 3 aliphatic rings. The summed E-state index contributed by atoms with van der Waals surface area (Å²) in [5.41, 5.74) is 2.28. The van der Waals surface area contributed by atoms with Gasteiger partial charge in [0.15, 0.2) is 15.0 Å². The second-order valence-corrected chi connectivity index (χ2v) is 11.8. The summed E-state index contributed by atoms with van der Waals surface area (Å²) in [5.74, 6) is 1.09. The summed E-state index contributed by atoms with van der Waals surface area (Å²) in [5, 5.41) is 0.921. The predicted molar refractivity (Wildman–Crippen MR) is 122 cm³/mol. The fraction of sp³-hybridized carbons (Fsp3) is 0.545. The highest BCUT2D eigenvalue weighted by molar-refractivity contribution is 7.99. The SMILES string of the molecule is O=C(CSc1ncc(-c2ccccc2)n1C1CC1)N1CCN(C2CCS(=O)(=O)C2)CC1. The Morgan fingerprint density at radius 3 is 2.42 bits per heavy atom. The number of aromatic nitrogens is 2. The van der Waals surface area contributed by atoms with Crippen LogP contribution in [0.15, 0.2) is 41.7 Å². The molecule has 1 aromatic carbocycles. The van der Waals surface area contributed by atoms with Gasteiger partial charge < -0.3 is 9.47 Å². The van der Waals surface area contributed by atoms with E-state index in [1.165, 1.54) is 11.8 Å². The van der Waals surface area contributed by atoms with Gasteiger partial charge >= 0.3 is 0 Å². The maximum absolute atomic E-state index is 12.8. The third-order valence-corrected chi connectivity index (χ3v) is 9.16. The molecule has 0 radical (unpaired) electrons. The molecule has 5 rings (SSSR count). The van der Waals surface area contributed by atoms with Gasteiger partial charge in [0.1, 0.15) is 0 Å². The first-order valence-electron chi connectivity index (χ1n) is 11.0. The molecule has 31 heavy (non-hydrogen) atoms. The minimum atomic E-state index is -2.87. The highest BCUT2D eigenvalue weighted by Gasteiger charge is 2.34. The van der Waals surface area contributed by atoms with Crippen LogP contribution < -0.4 is 0 Å². The Morgan fingerprint density at radius 1 is 1.03 bits per heavy atom. The number of imidazole rings is 1. The van der Waals surface area contributed by atoms with Gasteiger partial charge in [-0.1, -0.05) is 42.1 Å². The lowest BCUT2D eigenvalue weighted by atomic mass is 10.2. The maximum atomic E-state index is 12.8. The zero-order valence-corrected chi connectivity index (χ0v) is 19.2. The van der Waals surface area contributed by atoms with Crippen LogP contribution >= 0.6 is 11.8 Å². The molecule has 7 nitrogen and oxygen atoms in total. The predicted octanol–water partition coefficient (Wildman–Crippen LogP) is 2.31. The van der Waals surface area contributed by atoms with Crippen molar-refractivity contribution in [3.8, 4) is 11.3 Å². The summed E-state index contributed by atoms with van der Waals surface area (Å²) in [6.45, 7) is 2.85. The van der Waals surface area contributed by atoms with Gasteiger partial charge in [0, 0.05) is 38.3 Å². The monoisotopic (exact) mass is 460 g/mol. The number of sulfone groups is 1. The lowest BCUT2D eigenvalue weighted by Gasteiger charge is -2.37. The van der Waals surface area contributed by atoms with E-state index in [0.29, 0.717) is 30.6 Å². The van der Waals surface area contributed by atoms with Crippen molar-refractivity contribution in [1.29, 1.82) is 0 Å². The molecule has 9 heteroatoms. The molecule has 2 aromatic rings. The molecule has 3 fully saturated rings. The van der Waals surface area contributed by atoms with E-state index in [1.54, 1.807) is 0 Å². The van der Waals surface area contributed by atoms with E-state index >= 15 is 0 Å². The lowest BCUT2D eigenvalue weighted by molar-refractivity contribution is -0.130. The highest BCUT2D eigenvalue weighted by Crippen LogP contribution is 2.41. The summed E-state index contributed by atoms with van der Waals surface area (Å²) in [6.07, 6.45) is 4.97. The summed E-state index contributed by atoms with van der Waals surface area (Å²) in [6, 6.07) is 10.9. The first-order valence-corrected chi connectivity index (χ1v) is 13.8. The van der Waals surface area contributed by atoms with Crippen LogP contribution in [0.3, 0.4) is 0 Å². The molecule has 2 saturated heterocycles. The van der Waals surface area contributed by atoms with Gasteiger partial charge in [0.2, 0.25) is 5.91 Å². The summed E-state index contributed by atoms with van der Waals surface area (Å²) < 4.78 is 25.8. The summed E-state index contributed by atoms with van der Waals surface area (Å²) >= 11 is 1.53. The van der Waals surface area contributed by atoms with Crippen molar-refractivity contribution in [1.82, 2.24) is 19.4 Å². The number of hydrogen-bond donors (Lipinski definition) is 0. The highest BCUT2D eigenvalue weighted by atomic mass is 32.2. The molecule has 0 bridgehead atoms. The van der Waals surface area contributed by atoms with Crippen molar-refractivity contribution < 1.29 is 13.2 Å². The van der Waals surface area contributed by atoms with Crippen LogP contribution in [-0.4, -0.2) is 83.2 Å². The average molecular weight is 461 g/mol. The molecule has 166 valence electrons. The van der Waals surface area contributed by atoms with Gasteiger partial charge in [-0.05, 0) is 24.8 Å². The molecule has 1 atom stereocenters. The van der Waals surface area contributed by atoms with Gasteiger partial charge in [-0.15, -0.1) is 0 Å². The number of nitrogens with zero attached hydrogens (tertiary/aromatic N) is 4. The van der Waals surface area contributed by atoms with Gasteiger partial charge in [0.25, 0.3) is 0 Å². The number of carbonyl (C=O) groups is 1. The molecule has 0 N–H and O–H groups in total. The molecule has 1 unspecified atom stereocenters. The van der Waals surface area contributed by atoms with Gasteiger partial charge in [0.05, 0.1) is 29.1 Å². The minimum Gasteiger partial charge on any atom is -0.339 e. The van der Waals surface area contributed by atoms with E-state index in [2.05, 4.69) is 26.6 Å². The first-order chi connectivity index (χ1) is 15.0. The van der Waals surface area contributed by atoms with Crippen LogP contribution in [0.2, 0.25) is 0 Å². The quantitative estimate of drug-likeness (QED) is 0.616. The third kappa shape index (κ3) is 4.68.